The Labute approximate surface area is 108 Å². The van der Waals surface area contributed by atoms with Gasteiger partial charge in [-0.05, 0) is 43.7 Å². The normalized spacial score (nSPS) is 17.7. The van der Waals surface area contributed by atoms with Crippen LogP contribution >= 0.6 is 0 Å². The molecule has 0 aliphatic heterocycles. The smallest absolute Gasteiger partial charge is 0.240 e. The number of sulfonamides is 1. The lowest BCUT2D eigenvalue weighted by molar-refractivity contribution is 0.249. The summed E-state index contributed by atoms with van der Waals surface area (Å²) < 4.78 is 26.7. The average molecular weight is 269 g/mol. The highest BCUT2D eigenvalue weighted by molar-refractivity contribution is 7.89. The van der Waals surface area contributed by atoms with Crippen LogP contribution in [0.5, 0.6) is 0 Å². The first-order chi connectivity index (χ1) is 8.47. The van der Waals surface area contributed by atoms with Crippen LogP contribution in [0.3, 0.4) is 0 Å². The second-order valence-electron chi connectivity index (χ2n) is 5.11. The van der Waals surface area contributed by atoms with Crippen LogP contribution in [-0.2, 0) is 10.0 Å². The number of aliphatic hydroxyl groups excluding tert-OH is 1. The molecule has 4 nitrogen and oxygen atoms in total. The summed E-state index contributed by atoms with van der Waals surface area (Å²) in [5.41, 5.74) is 1.03. The Morgan fingerprint density at radius 2 is 1.89 bits per heavy atom. The van der Waals surface area contributed by atoms with Gasteiger partial charge in [-0.3, -0.25) is 0 Å². The number of nitrogens with one attached hydrogen (secondary N) is 1. The van der Waals surface area contributed by atoms with E-state index in [1.54, 1.807) is 24.3 Å². The first-order valence-corrected chi connectivity index (χ1v) is 7.63. The van der Waals surface area contributed by atoms with Gasteiger partial charge in [-0.15, -0.1) is 0 Å². The van der Waals surface area contributed by atoms with Crippen molar-refractivity contribution in [1.29, 1.82) is 0 Å². The molecule has 0 bridgehead atoms. The van der Waals surface area contributed by atoms with Gasteiger partial charge in [-0.2, -0.15) is 0 Å². The molecule has 1 fully saturated rings. The molecule has 1 aliphatic rings. The number of benzene rings is 1. The summed E-state index contributed by atoms with van der Waals surface area (Å²) in [6.07, 6.45) is 2.65. The Balaban J connectivity index is 2.02. The summed E-state index contributed by atoms with van der Waals surface area (Å²) in [5, 5.41) is 8.94. The van der Waals surface area contributed by atoms with E-state index < -0.39 is 10.0 Å². The van der Waals surface area contributed by atoms with Crippen LogP contribution in [0.25, 0.3) is 0 Å². The Morgan fingerprint density at radius 1 is 1.28 bits per heavy atom. The van der Waals surface area contributed by atoms with Gasteiger partial charge in [0.2, 0.25) is 10.0 Å². The van der Waals surface area contributed by atoms with Crippen LogP contribution < -0.4 is 4.72 Å². The standard InChI is InChI=1S/C13H19NO3S/c1-11-2-4-12(5-3-11)18(16,17)14-10-13(6-7-13)8-9-15/h2-5,14-15H,6-10H2,1H3. The molecule has 100 valence electrons. The molecule has 0 unspecified atom stereocenters. The highest BCUT2D eigenvalue weighted by atomic mass is 32.2. The topological polar surface area (TPSA) is 66.4 Å². The Hall–Kier alpha value is -0.910. The van der Waals surface area contributed by atoms with E-state index in [2.05, 4.69) is 4.72 Å². The Morgan fingerprint density at radius 3 is 2.39 bits per heavy atom. The zero-order valence-corrected chi connectivity index (χ0v) is 11.3. The number of aryl methyl sites for hydroxylation is 1. The van der Waals surface area contributed by atoms with Gasteiger partial charge in [0.05, 0.1) is 4.90 Å². The molecule has 0 saturated heterocycles. The van der Waals surface area contributed by atoms with Crippen molar-refractivity contribution in [3.63, 3.8) is 0 Å². The van der Waals surface area contributed by atoms with E-state index in [-0.39, 0.29) is 12.0 Å². The number of hydrogen-bond acceptors (Lipinski definition) is 3. The van der Waals surface area contributed by atoms with E-state index in [0.29, 0.717) is 17.9 Å². The lowest BCUT2D eigenvalue weighted by Crippen LogP contribution is -2.30. The lowest BCUT2D eigenvalue weighted by Gasteiger charge is -2.14. The number of hydrogen-bond donors (Lipinski definition) is 2. The molecular formula is C13H19NO3S. The van der Waals surface area contributed by atoms with Crippen molar-refractivity contribution in [3.05, 3.63) is 29.8 Å². The number of aliphatic hydroxyl groups is 1. The molecule has 1 aliphatic carbocycles. The molecule has 1 saturated carbocycles. The summed E-state index contributed by atoms with van der Waals surface area (Å²) in [7, 11) is -3.42. The maximum absolute atomic E-state index is 12.0. The molecule has 0 atom stereocenters. The van der Waals surface area contributed by atoms with Crippen LogP contribution in [-0.4, -0.2) is 26.7 Å². The summed E-state index contributed by atoms with van der Waals surface area (Å²) >= 11 is 0. The SMILES string of the molecule is Cc1ccc(S(=O)(=O)NCC2(CCO)CC2)cc1. The van der Waals surface area contributed by atoms with Gasteiger partial charge in [-0.25, -0.2) is 13.1 Å². The molecule has 0 radical (unpaired) electrons. The quantitative estimate of drug-likeness (QED) is 0.821. The second-order valence-corrected chi connectivity index (χ2v) is 6.88. The highest BCUT2D eigenvalue weighted by Crippen LogP contribution is 2.48. The van der Waals surface area contributed by atoms with Crippen molar-refractivity contribution < 1.29 is 13.5 Å². The molecule has 1 aromatic carbocycles. The largest absolute Gasteiger partial charge is 0.396 e. The third kappa shape index (κ3) is 3.10. The fourth-order valence-electron chi connectivity index (χ4n) is 1.98. The Kier molecular flexibility index (Phi) is 3.75. The van der Waals surface area contributed by atoms with E-state index in [1.807, 2.05) is 6.92 Å². The predicted octanol–water partition coefficient (Wildman–Crippen LogP) is 1.44. The van der Waals surface area contributed by atoms with Crippen LogP contribution in [0.4, 0.5) is 0 Å². The fourth-order valence-corrected chi connectivity index (χ4v) is 3.14. The summed E-state index contributed by atoms with van der Waals surface area (Å²) in [6.45, 7) is 2.46. The lowest BCUT2D eigenvalue weighted by atomic mass is 10.0. The van der Waals surface area contributed by atoms with Gasteiger partial charge in [-0.1, -0.05) is 17.7 Å². The van der Waals surface area contributed by atoms with Crippen LogP contribution in [0.2, 0.25) is 0 Å². The molecule has 0 heterocycles. The van der Waals surface area contributed by atoms with Crippen LogP contribution in [0, 0.1) is 12.3 Å². The maximum Gasteiger partial charge on any atom is 0.240 e. The van der Waals surface area contributed by atoms with Crippen molar-refractivity contribution in [2.75, 3.05) is 13.2 Å². The van der Waals surface area contributed by atoms with E-state index >= 15 is 0 Å². The molecule has 5 heteroatoms. The Bertz CT molecular complexity index is 504. The minimum atomic E-state index is -3.42. The minimum Gasteiger partial charge on any atom is -0.396 e. The van der Waals surface area contributed by atoms with E-state index in [0.717, 1.165) is 18.4 Å². The van der Waals surface area contributed by atoms with Crippen molar-refractivity contribution in [2.45, 2.75) is 31.1 Å². The van der Waals surface area contributed by atoms with Gasteiger partial charge in [0.25, 0.3) is 0 Å². The third-order valence-corrected chi connectivity index (χ3v) is 4.98. The van der Waals surface area contributed by atoms with Crippen LogP contribution in [0.15, 0.2) is 29.2 Å². The number of rotatable bonds is 6. The van der Waals surface area contributed by atoms with Gasteiger partial charge in [0, 0.05) is 13.2 Å². The fraction of sp³-hybridized carbons (Fsp3) is 0.538. The third-order valence-electron chi connectivity index (χ3n) is 3.57. The molecule has 0 aromatic heterocycles. The van der Waals surface area contributed by atoms with Crippen molar-refractivity contribution in [2.24, 2.45) is 5.41 Å². The van der Waals surface area contributed by atoms with Crippen molar-refractivity contribution >= 4 is 10.0 Å². The average Bonchev–Trinajstić information content (AvgIpc) is 3.08. The van der Waals surface area contributed by atoms with E-state index in [9.17, 15) is 8.42 Å². The van der Waals surface area contributed by atoms with Gasteiger partial charge >= 0.3 is 0 Å². The van der Waals surface area contributed by atoms with Crippen molar-refractivity contribution in [1.82, 2.24) is 4.72 Å². The zero-order valence-electron chi connectivity index (χ0n) is 10.5. The van der Waals surface area contributed by atoms with Gasteiger partial charge in [0.1, 0.15) is 0 Å². The van der Waals surface area contributed by atoms with E-state index in [1.165, 1.54) is 0 Å². The molecule has 0 amide bonds. The van der Waals surface area contributed by atoms with Crippen molar-refractivity contribution in [3.8, 4) is 0 Å². The summed E-state index contributed by atoms with van der Waals surface area (Å²) in [4.78, 5) is 0.299. The maximum atomic E-state index is 12.0. The first kappa shape index (κ1) is 13.5. The zero-order chi connectivity index (χ0) is 13.2. The summed E-state index contributed by atoms with van der Waals surface area (Å²) in [6, 6.07) is 6.80. The van der Waals surface area contributed by atoms with E-state index in [4.69, 9.17) is 5.11 Å². The monoisotopic (exact) mass is 269 g/mol. The molecule has 2 rings (SSSR count). The first-order valence-electron chi connectivity index (χ1n) is 6.15. The molecule has 0 spiro atoms. The second kappa shape index (κ2) is 4.99. The minimum absolute atomic E-state index is 0.00742. The predicted molar refractivity (Wildman–Crippen MR) is 69.7 cm³/mol. The van der Waals surface area contributed by atoms with Gasteiger partial charge < -0.3 is 5.11 Å². The van der Waals surface area contributed by atoms with Crippen LogP contribution in [0.1, 0.15) is 24.8 Å². The molecule has 2 N–H and O–H groups in total. The summed E-state index contributed by atoms with van der Waals surface area (Å²) in [5.74, 6) is 0. The molecule has 18 heavy (non-hydrogen) atoms. The highest BCUT2D eigenvalue weighted by Gasteiger charge is 2.42. The molecular weight excluding hydrogens is 250 g/mol. The molecule has 1 aromatic rings. The van der Waals surface area contributed by atoms with Gasteiger partial charge in [0.15, 0.2) is 0 Å².